The van der Waals surface area contributed by atoms with E-state index in [1.54, 1.807) is 0 Å². The molecule has 2 saturated heterocycles. The van der Waals surface area contributed by atoms with Gasteiger partial charge in [-0.15, -0.1) is 0 Å². The van der Waals surface area contributed by atoms with Gasteiger partial charge in [-0.3, -0.25) is 0 Å². The second-order valence-electron chi connectivity index (χ2n) is 6.33. The van der Waals surface area contributed by atoms with Crippen LogP contribution in [0.4, 0.5) is 11.4 Å². The second-order valence-corrected chi connectivity index (χ2v) is 6.33. The van der Waals surface area contributed by atoms with E-state index in [1.165, 1.54) is 56.4 Å². The fourth-order valence-electron chi connectivity index (χ4n) is 3.85. The van der Waals surface area contributed by atoms with Crippen molar-refractivity contribution < 1.29 is 0 Å². The number of hydrogen-bond donors (Lipinski definition) is 1. The van der Waals surface area contributed by atoms with Crippen LogP contribution >= 0.6 is 0 Å². The van der Waals surface area contributed by atoms with Crippen molar-refractivity contribution in [3.63, 3.8) is 0 Å². The third-order valence-corrected chi connectivity index (χ3v) is 4.96. The zero-order chi connectivity index (χ0) is 13.9. The van der Waals surface area contributed by atoms with Crippen molar-refractivity contribution in [1.82, 2.24) is 4.90 Å². The molecule has 0 aromatic heterocycles. The zero-order valence-corrected chi connectivity index (χ0v) is 12.6. The maximum atomic E-state index is 6.18. The summed E-state index contributed by atoms with van der Waals surface area (Å²) in [6, 6.07) is 7.05. The van der Waals surface area contributed by atoms with Crippen LogP contribution in [0.15, 0.2) is 18.2 Å². The number of anilines is 2. The highest BCUT2D eigenvalue weighted by Crippen LogP contribution is 2.31. The highest BCUT2D eigenvalue weighted by molar-refractivity contribution is 5.71. The first kappa shape index (κ1) is 13.7. The SMILES string of the molecule is Cc1cccc(N)c1N1CCC(N2CCCCC2)CC1. The Balaban J connectivity index is 1.63. The van der Waals surface area contributed by atoms with Crippen molar-refractivity contribution >= 4 is 11.4 Å². The van der Waals surface area contributed by atoms with Crippen molar-refractivity contribution in [3.05, 3.63) is 23.8 Å². The molecule has 2 N–H and O–H groups in total. The van der Waals surface area contributed by atoms with E-state index in [4.69, 9.17) is 5.73 Å². The predicted octanol–water partition coefficient (Wildman–Crippen LogP) is 3.03. The first-order valence-corrected chi connectivity index (χ1v) is 8.10. The summed E-state index contributed by atoms with van der Waals surface area (Å²) in [7, 11) is 0. The van der Waals surface area contributed by atoms with Gasteiger partial charge in [-0.2, -0.15) is 0 Å². The minimum atomic E-state index is 0.803. The lowest BCUT2D eigenvalue weighted by atomic mass is 9.98. The fourth-order valence-corrected chi connectivity index (χ4v) is 3.85. The standard InChI is InChI=1S/C17H27N3/c1-14-6-5-7-16(18)17(14)20-12-8-15(9-13-20)19-10-3-2-4-11-19/h5-7,15H,2-4,8-13,18H2,1H3. The number of para-hydroxylation sites is 1. The Labute approximate surface area is 122 Å². The van der Waals surface area contributed by atoms with E-state index >= 15 is 0 Å². The molecule has 1 aromatic rings. The highest BCUT2D eigenvalue weighted by Gasteiger charge is 2.26. The molecule has 0 atom stereocenters. The molecule has 3 heteroatoms. The number of nitrogens with two attached hydrogens (primary N) is 1. The van der Waals surface area contributed by atoms with Crippen molar-refractivity contribution in [2.75, 3.05) is 36.8 Å². The van der Waals surface area contributed by atoms with Crippen LogP contribution in [0, 0.1) is 6.92 Å². The van der Waals surface area contributed by atoms with Crippen LogP contribution in [0.2, 0.25) is 0 Å². The van der Waals surface area contributed by atoms with E-state index < -0.39 is 0 Å². The van der Waals surface area contributed by atoms with Crippen molar-refractivity contribution in [1.29, 1.82) is 0 Å². The smallest absolute Gasteiger partial charge is 0.0629 e. The second kappa shape index (κ2) is 6.04. The summed E-state index contributed by atoms with van der Waals surface area (Å²) >= 11 is 0. The Morgan fingerprint density at radius 3 is 2.35 bits per heavy atom. The Morgan fingerprint density at radius 2 is 1.70 bits per heavy atom. The van der Waals surface area contributed by atoms with Gasteiger partial charge in [-0.05, 0) is 57.3 Å². The molecular formula is C17H27N3. The molecule has 110 valence electrons. The largest absolute Gasteiger partial charge is 0.397 e. The lowest BCUT2D eigenvalue weighted by Gasteiger charge is -2.41. The number of likely N-dealkylation sites (tertiary alicyclic amines) is 1. The molecule has 2 fully saturated rings. The topological polar surface area (TPSA) is 32.5 Å². The van der Waals surface area contributed by atoms with Crippen LogP contribution in [-0.4, -0.2) is 37.1 Å². The number of aryl methyl sites for hydroxylation is 1. The molecule has 0 aliphatic carbocycles. The van der Waals surface area contributed by atoms with Gasteiger partial charge in [-0.25, -0.2) is 0 Å². The van der Waals surface area contributed by atoms with Gasteiger partial charge >= 0.3 is 0 Å². The minimum absolute atomic E-state index is 0.803. The van der Waals surface area contributed by atoms with Gasteiger partial charge in [0.15, 0.2) is 0 Å². The van der Waals surface area contributed by atoms with Crippen LogP contribution in [-0.2, 0) is 0 Å². The van der Waals surface area contributed by atoms with Crippen LogP contribution in [0.25, 0.3) is 0 Å². The summed E-state index contributed by atoms with van der Waals surface area (Å²) in [5.41, 5.74) is 9.68. The number of nitrogen functional groups attached to an aromatic ring is 1. The predicted molar refractivity (Wildman–Crippen MR) is 86.3 cm³/mol. The Kier molecular flexibility index (Phi) is 4.16. The summed E-state index contributed by atoms with van der Waals surface area (Å²) in [6.45, 7) is 7.10. The minimum Gasteiger partial charge on any atom is -0.397 e. The first-order valence-electron chi connectivity index (χ1n) is 8.10. The summed E-state index contributed by atoms with van der Waals surface area (Å²) in [4.78, 5) is 5.22. The Morgan fingerprint density at radius 1 is 1.00 bits per heavy atom. The molecule has 0 saturated carbocycles. The third kappa shape index (κ3) is 2.78. The summed E-state index contributed by atoms with van der Waals surface area (Å²) in [5, 5.41) is 0. The number of piperidine rings is 2. The fraction of sp³-hybridized carbons (Fsp3) is 0.647. The van der Waals surface area contributed by atoms with Crippen molar-refractivity contribution in [2.45, 2.75) is 45.1 Å². The van der Waals surface area contributed by atoms with Crippen LogP contribution < -0.4 is 10.6 Å². The van der Waals surface area contributed by atoms with Gasteiger partial charge in [0.25, 0.3) is 0 Å². The zero-order valence-electron chi connectivity index (χ0n) is 12.6. The number of hydrogen-bond acceptors (Lipinski definition) is 3. The van der Waals surface area contributed by atoms with E-state index in [2.05, 4.69) is 28.9 Å². The van der Waals surface area contributed by atoms with Gasteiger partial charge < -0.3 is 15.5 Å². The van der Waals surface area contributed by atoms with E-state index in [0.717, 1.165) is 24.8 Å². The monoisotopic (exact) mass is 273 g/mol. The molecule has 3 rings (SSSR count). The maximum Gasteiger partial charge on any atom is 0.0629 e. The number of benzene rings is 1. The van der Waals surface area contributed by atoms with Gasteiger partial charge in [0, 0.05) is 19.1 Å². The van der Waals surface area contributed by atoms with Gasteiger partial charge in [0.05, 0.1) is 11.4 Å². The van der Waals surface area contributed by atoms with E-state index in [1.807, 2.05) is 6.07 Å². The summed E-state index contributed by atoms with van der Waals surface area (Å²) in [6.07, 6.45) is 6.78. The lowest BCUT2D eigenvalue weighted by Crippen LogP contribution is -2.47. The molecular weight excluding hydrogens is 246 g/mol. The normalized spacial score (nSPS) is 22.1. The van der Waals surface area contributed by atoms with E-state index in [0.29, 0.717) is 0 Å². The lowest BCUT2D eigenvalue weighted by molar-refractivity contribution is 0.141. The highest BCUT2D eigenvalue weighted by atomic mass is 15.2. The molecule has 0 bridgehead atoms. The molecule has 2 aliphatic heterocycles. The van der Waals surface area contributed by atoms with Gasteiger partial charge in [0.2, 0.25) is 0 Å². The van der Waals surface area contributed by atoms with Crippen LogP contribution in [0.1, 0.15) is 37.7 Å². The average molecular weight is 273 g/mol. The molecule has 0 spiro atoms. The molecule has 0 unspecified atom stereocenters. The Bertz CT molecular complexity index is 423. The van der Waals surface area contributed by atoms with E-state index in [9.17, 15) is 0 Å². The molecule has 2 aliphatic rings. The molecule has 20 heavy (non-hydrogen) atoms. The molecule has 1 aromatic carbocycles. The summed E-state index contributed by atoms with van der Waals surface area (Å²) in [5.74, 6) is 0. The molecule has 3 nitrogen and oxygen atoms in total. The number of nitrogens with zero attached hydrogens (tertiary/aromatic N) is 2. The molecule has 2 heterocycles. The van der Waals surface area contributed by atoms with Crippen molar-refractivity contribution in [3.8, 4) is 0 Å². The molecule has 0 amide bonds. The maximum absolute atomic E-state index is 6.18. The van der Waals surface area contributed by atoms with Crippen LogP contribution in [0.5, 0.6) is 0 Å². The average Bonchev–Trinajstić information content (AvgIpc) is 2.49. The van der Waals surface area contributed by atoms with E-state index in [-0.39, 0.29) is 0 Å². The van der Waals surface area contributed by atoms with Crippen LogP contribution in [0.3, 0.4) is 0 Å². The van der Waals surface area contributed by atoms with Crippen molar-refractivity contribution in [2.24, 2.45) is 0 Å². The number of rotatable bonds is 2. The quantitative estimate of drug-likeness (QED) is 0.841. The first-order chi connectivity index (χ1) is 9.75. The Hall–Kier alpha value is -1.22. The molecule has 0 radical (unpaired) electrons. The van der Waals surface area contributed by atoms with Gasteiger partial charge in [-0.1, -0.05) is 18.6 Å². The summed E-state index contributed by atoms with van der Waals surface area (Å²) < 4.78 is 0. The third-order valence-electron chi connectivity index (χ3n) is 4.96. The van der Waals surface area contributed by atoms with Gasteiger partial charge in [0.1, 0.15) is 0 Å².